The number of carbonyl (C=O) groups excluding carboxylic acids is 1. The van der Waals surface area contributed by atoms with E-state index in [-0.39, 0.29) is 5.91 Å². The number of hydrogen-bond acceptors (Lipinski definition) is 4. The number of carbonyl (C=O) groups is 1. The predicted molar refractivity (Wildman–Crippen MR) is 98.8 cm³/mol. The van der Waals surface area contributed by atoms with E-state index in [4.69, 9.17) is 0 Å². The monoisotopic (exact) mass is 324 g/mol. The molecule has 0 aliphatic carbocycles. The largest absolute Gasteiger partial charge is 0.382 e. The summed E-state index contributed by atoms with van der Waals surface area (Å²) >= 11 is 0. The van der Waals surface area contributed by atoms with E-state index >= 15 is 0 Å². The van der Waals surface area contributed by atoms with Gasteiger partial charge >= 0.3 is 0 Å². The lowest BCUT2D eigenvalue weighted by Gasteiger charge is -2.17. The second-order valence-electron chi connectivity index (χ2n) is 6.46. The van der Waals surface area contributed by atoms with Crippen molar-refractivity contribution in [1.29, 1.82) is 0 Å². The Labute approximate surface area is 143 Å². The van der Waals surface area contributed by atoms with Crippen LogP contribution < -0.4 is 15.5 Å². The standard InChI is InChI=1S/C19H24N4O/c1-14(2)21-17-11-15(12-20-13-17)19(24)22-16-5-7-18(8-6-16)23-9-3-4-10-23/h5-8,11-14,21H,3-4,9-10H2,1-2H3,(H,22,24). The van der Waals surface area contributed by atoms with Gasteiger partial charge in [-0.1, -0.05) is 0 Å². The SMILES string of the molecule is CC(C)Nc1cncc(C(=O)Nc2ccc(N3CCCC3)cc2)c1. The average molecular weight is 324 g/mol. The molecule has 1 aliphatic heterocycles. The highest BCUT2D eigenvalue weighted by molar-refractivity contribution is 6.04. The van der Waals surface area contributed by atoms with Crippen LogP contribution in [-0.2, 0) is 0 Å². The molecule has 0 bridgehead atoms. The van der Waals surface area contributed by atoms with Crippen LogP contribution >= 0.6 is 0 Å². The van der Waals surface area contributed by atoms with Crippen molar-refractivity contribution in [2.24, 2.45) is 0 Å². The molecular formula is C19H24N4O. The van der Waals surface area contributed by atoms with Crippen molar-refractivity contribution in [2.75, 3.05) is 28.6 Å². The summed E-state index contributed by atoms with van der Waals surface area (Å²) in [7, 11) is 0. The highest BCUT2D eigenvalue weighted by Crippen LogP contribution is 2.22. The van der Waals surface area contributed by atoms with E-state index in [2.05, 4.69) is 46.5 Å². The van der Waals surface area contributed by atoms with E-state index in [1.807, 2.05) is 18.2 Å². The van der Waals surface area contributed by atoms with Gasteiger partial charge in [0.2, 0.25) is 0 Å². The molecule has 0 saturated carbocycles. The van der Waals surface area contributed by atoms with Gasteiger partial charge in [0.25, 0.3) is 5.91 Å². The van der Waals surface area contributed by atoms with E-state index in [1.54, 1.807) is 12.4 Å². The molecule has 5 nitrogen and oxygen atoms in total. The van der Waals surface area contributed by atoms with E-state index in [0.29, 0.717) is 11.6 Å². The fraction of sp³-hybridized carbons (Fsp3) is 0.368. The summed E-state index contributed by atoms with van der Waals surface area (Å²) in [6.45, 7) is 6.34. The Balaban J connectivity index is 1.66. The van der Waals surface area contributed by atoms with Crippen molar-refractivity contribution in [3.05, 3.63) is 48.3 Å². The van der Waals surface area contributed by atoms with E-state index in [1.165, 1.54) is 18.5 Å². The maximum atomic E-state index is 12.4. The minimum Gasteiger partial charge on any atom is -0.382 e. The summed E-state index contributed by atoms with van der Waals surface area (Å²) in [6, 6.07) is 10.2. The number of aromatic nitrogens is 1. The number of nitrogens with zero attached hydrogens (tertiary/aromatic N) is 2. The lowest BCUT2D eigenvalue weighted by Crippen LogP contribution is -2.17. The maximum absolute atomic E-state index is 12.4. The average Bonchev–Trinajstić information content (AvgIpc) is 3.09. The smallest absolute Gasteiger partial charge is 0.257 e. The number of benzene rings is 1. The molecule has 1 fully saturated rings. The quantitative estimate of drug-likeness (QED) is 0.879. The third-order valence-electron chi connectivity index (χ3n) is 4.05. The fourth-order valence-electron chi connectivity index (χ4n) is 2.91. The molecule has 1 saturated heterocycles. The molecule has 0 radical (unpaired) electrons. The van der Waals surface area contributed by atoms with Gasteiger partial charge in [0.1, 0.15) is 0 Å². The summed E-state index contributed by atoms with van der Waals surface area (Å²) in [6.07, 6.45) is 5.82. The first-order chi connectivity index (χ1) is 11.6. The molecule has 1 aromatic heterocycles. The first kappa shape index (κ1) is 16.3. The fourth-order valence-corrected chi connectivity index (χ4v) is 2.91. The molecule has 1 aliphatic rings. The van der Waals surface area contributed by atoms with Gasteiger partial charge in [0.05, 0.1) is 11.3 Å². The number of amides is 1. The van der Waals surface area contributed by atoms with Crippen LogP contribution in [0.3, 0.4) is 0 Å². The second kappa shape index (κ2) is 7.34. The second-order valence-corrected chi connectivity index (χ2v) is 6.46. The van der Waals surface area contributed by atoms with Crippen LogP contribution in [0.25, 0.3) is 0 Å². The maximum Gasteiger partial charge on any atom is 0.257 e. The molecule has 24 heavy (non-hydrogen) atoms. The van der Waals surface area contributed by atoms with Crippen LogP contribution in [0.5, 0.6) is 0 Å². The van der Waals surface area contributed by atoms with Gasteiger partial charge in [0, 0.05) is 42.9 Å². The van der Waals surface area contributed by atoms with Gasteiger partial charge in [0.15, 0.2) is 0 Å². The molecule has 0 atom stereocenters. The molecule has 126 valence electrons. The highest BCUT2D eigenvalue weighted by Gasteiger charge is 2.12. The Bertz CT molecular complexity index is 691. The molecule has 2 N–H and O–H groups in total. The summed E-state index contributed by atoms with van der Waals surface area (Å²) in [4.78, 5) is 18.9. The summed E-state index contributed by atoms with van der Waals surface area (Å²) in [5, 5.41) is 6.19. The third-order valence-corrected chi connectivity index (χ3v) is 4.05. The number of nitrogens with one attached hydrogen (secondary N) is 2. The van der Waals surface area contributed by atoms with Gasteiger partial charge in [-0.2, -0.15) is 0 Å². The first-order valence-electron chi connectivity index (χ1n) is 8.50. The predicted octanol–water partition coefficient (Wildman–Crippen LogP) is 3.75. The Hall–Kier alpha value is -2.56. The number of hydrogen-bond donors (Lipinski definition) is 2. The van der Waals surface area contributed by atoms with Gasteiger partial charge in [-0.25, -0.2) is 0 Å². The number of pyridine rings is 1. The van der Waals surface area contributed by atoms with Gasteiger partial charge in [-0.3, -0.25) is 9.78 Å². The zero-order valence-electron chi connectivity index (χ0n) is 14.2. The zero-order chi connectivity index (χ0) is 16.9. The van der Waals surface area contributed by atoms with Gasteiger partial charge in [-0.05, 0) is 57.0 Å². The normalized spacial score (nSPS) is 14.0. The van der Waals surface area contributed by atoms with Crippen molar-refractivity contribution in [3.63, 3.8) is 0 Å². The minimum absolute atomic E-state index is 0.149. The molecular weight excluding hydrogens is 300 g/mol. The Kier molecular flexibility index (Phi) is 4.99. The van der Waals surface area contributed by atoms with E-state index < -0.39 is 0 Å². The Morgan fingerprint density at radius 3 is 2.46 bits per heavy atom. The van der Waals surface area contributed by atoms with Gasteiger partial charge in [-0.15, -0.1) is 0 Å². The molecule has 0 unspecified atom stereocenters. The van der Waals surface area contributed by atoms with Crippen LogP contribution in [0.1, 0.15) is 37.0 Å². The van der Waals surface area contributed by atoms with Gasteiger partial charge < -0.3 is 15.5 Å². The highest BCUT2D eigenvalue weighted by atomic mass is 16.1. The summed E-state index contributed by atoms with van der Waals surface area (Å²) in [5.74, 6) is -0.149. The number of rotatable bonds is 5. The van der Waals surface area contributed by atoms with Crippen molar-refractivity contribution < 1.29 is 4.79 Å². The Morgan fingerprint density at radius 1 is 1.08 bits per heavy atom. The third kappa shape index (κ3) is 4.04. The molecule has 5 heteroatoms. The van der Waals surface area contributed by atoms with Crippen molar-refractivity contribution in [3.8, 4) is 0 Å². The van der Waals surface area contributed by atoms with Crippen molar-refractivity contribution in [2.45, 2.75) is 32.7 Å². The molecule has 1 aromatic carbocycles. The van der Waals surface area contributed by atoms with Crippen molar-refractivity contribution in [1.82, 2.24) is 4.98 Å². The van der Waals surface area contributed by atoms with Crippen LogP contribution in [0, 0.1) is 0 Å². The Morgan fingerprint density at radius 2 is 1.79 bits per heavy atom. The minimum atomic E-state index is -0.149. The zero-order valence-corrected chi connectivity index (χ0v) is 14.2. The summed E-state index contributed by atoms with van der Waals surface area (Å²) < 4.78 is 0. The summed E-state index contributed by atoms with van der Waals surface area (Å²) in [5.41, 5.74) is 3.41. The van der Waals surface area contributed by atoms with E-state index in [9.17, 15) is 4.79 Å². The van der Waals surface area contributed by atoms with Crippen molar-refractivity contribution >= 4 is 23.0 Å². The van der Waals surface area contributed by atoms with Crippen LogP contribution in [0.15, 0.2) is 42.7 Å². The molecule has 3 rings (SSSR count). The lowest BCUT2D eigenvalue weighted by molar-refractivity contribution is 0.102. The van der Waals surface area contributed by atoms with E-state index in [0.717, 1.165) is 24.5 Å². The van der Waals surface area contributed by atoms with Crippen LogP contribution in [0.4, 0.5) is 17.1 Å². The molecule has 0 spiro atoms. The molecule has 1 amide bonds. The first-order valence-corrected chi connectivity index (χ1v) is 8.50. The molecule has 2 aromatic rings. The van der Waals surface area contributed by atoms with Crippen LogP contribution in [-0.4, -0.2) is 30.0 Å². The topological polar surface area (TPSA) is 57.3 Å². The van der Waals surface area contributed by atoms with Crippen LogP contribution in [0.2, 0.25) is 0 Å². The molecule has 2 heterocycles. The number of anilines is 3. The lowest BCUT2D eigenvalue weighted by atomic mass is 10.2.